The van der Waals surface area contributed by atoms with Crippen LogP contribution >= 0.6 is 0 Å². The average Bonchev–Trinajstić information content (AvgIpc) is 2.54. The fourth-order valence-electron chi connectivity index (χ4n) is 2.10. The smallest absolute Gasteiger partial charge is 0.211 e. The Bertz CT molecular complexity index is 227. The quantitative estimate of drug-likeness (QED) is 0.599. The molecule has 0 amide bonds. The van der Waals surface area contributed by atoms with Crippen molar-refractivity contribution in [2.24, 2.45) is 0 Å². The fraction of sp³-hybridized carbons (Fsp3) is 1.00. The van der Waals surface area contributed by atoms with Gasteiger partial charge in [-0.25, -0.2) is 0 Å². The van der Waals surface area contributed by atoms with Gasteiger partial charge in [0.05, 0.1) is 18.8 Å². The van der Waals surface area contributed by atoms with E-state index in [-0.39, 0.29) is 24.9 Å². The highest BCUT2D eigenvalue weighted by Gasteiger charge is 2.63. The SMILES string of the molecule is [3H]OC[C@]12O[C@@H](C)[C@H](OC1C)[C@@H]2O[3H]. The summed E-state index contributed by atoms with van der Waals surface area (Å²) in [6.07, 6.45) is -1.00. The highest BCUT2D eigenvalue weighted by Crippen LogP contribution is 2.43. The van der Waals surface area contributed by atoms with Crippen molar-refractivity contribution in [3.05, 3.63) is 0 Å². The van der Waals surface area contributed by atoms with Crippen molar-refractivity contribution in [3.63, 3.8) is 0 Å². The first kappa shape index (κ1) is 6.32. The molecule has 0 aliphatic carbocycles. The molecule has 2 rings (SSSR count). The molecule has 0 aromatic rings. The van der Waals surface area contributed by atoms with Gasteiger partial charge in [-0.3, -0.25) is 0 Å². The van der Waals surface area contributed by atoms with E-state index in [0.717, 1.165) is 0 Å². The largest absolute Gasteiger partial charge is 0.393 e. The van der Waals surface area contributed by atoms with Crippen LogP contribution in [-0.2, 0) is 9.47 Å². The van der Waals surface area contributed by atoms with Gasteiger partial charge in [0, 0.05) is 0 Å². The second-order valence-corrected chi connectivity index (χ2v) is 3.59. The molecule has 2 saturated heterocycles. The van der Waals surface area contributed by atoms with Gasteiger partial charge in [0.25, 0.3) is 0 Å². The molecule has 0 saturated carbocycles. The molecule has 5 atom stereocenters. The molecular weight excluding hydrogens is 160 g/mol. The van der Waals surface area contributed by atoms with Gasteiger partial charge in [-0.15, -0.1) is 0 Å². The summed E-state index contributed by atoms with van der Waals surface area (Å²) in [5, 5.41) is 9.01. The zero-order chi connectivity index (χ0) is 10.3. The number of hydrogen-bond acceptors (Lipinski definition) is 4. The third-order valence-corrected chi connectivity index (χ3v) is 2.92. The van der Waals surface area contributed by atoms with Gasteiger partial charge < -0.3 is 19.7 Å². The Hall–Kier alpha value is -0.160. The van der Waals surface area contributed by atoms with E-state index in [4.69, 9.17) is 12.3 Å². The second kappa shape index (κ2) is 2.42. The highest BCUT2D eigenvalue weighted by atomic mass is 16.6. The van der Waals surface area contributed by atoms with Crippen LogP contribution in [0.2, 0.25) is 0 Å². The zero-order valence-corrected chi connectivity index (χ0v) is 7.15. The van der Waals surface area contributed by atoms with Crippen molar-refractivity contribution in [2.45, 2.75) is 43.9 Å². The molecule has 2 aliphatic heterocycles. The molecule has 4 nitrogen and oxygen atoms in total. The van der Waals surface area contributed by atoms with Gasteiger partial charge >= 0.3 is 0 Å². The molecule has 12 heavy (non-hydrogen) atoms. The molecule has 0 radical (unpaired) electrons. The first-order chi connectivity index (χ1) is 6.65. The maximum absolute atomic E-state index is 7.01. The van der Waals surface area contributed by atoms with E-state index < -0.39 is 11.7 Å². The van der Waals surface area contributed by atoms with Crippen LogP contribution < -0.4 is 0 Å². The van der Waals surface area contributed by atoms with Crippen molar-refractivity contribution in [1.29, 1.82) is 2.86 Å². The average molecular weight is 178 g/mol. The summed E-state index contributed by atoms with van der Waals surface area (Å²) in [5.74, 6) is 0. The maximum atomic E-state index is 7.01. The normalized spacial score (nSPS) is 60.2. The Morgan fingerprint density at radius 1 is 1.58 bits per heavy atom. The van der Waals surface area contributed by atoms with Crippen molar-refractivity contribution in [1.82, 2.24) is 0 Å². The van der Waals surface area contributed by atoms with Crippen LogP contribution in [0.25, 0.3) is 0 Å². The Labute approximate surface area is 74.1 Å². The van der Waals surface area contributed by atoms with Gasteiger partial charge in [-0.1, -0.05) is 0 Å². The summed E-state index contributed by atoms with van der Waals surface area (Å²) in [6, 6.07) is 0. The van der Waals surface area contributed by atoms with Gasteiger partial charge in [0.2, 0.25) is 2.86 Å². The minimum atomic E-state index is -0.784. The molecule has 4 heteroatoms. The van der Waals surface area contributed by atoms with E-state index in [1.165, 1.54) is 0 Å². The van der Waals surface area contributed by atoms with Gasteiger partial charge in [0.1, 0.15) is 17.8 Å². The molecule has 2 N–H and O–H groups in total. The number of rotatable bonds is 3. The third kappa shape index (κ3) is 0.758. The van der Waals surface area contributed by atoms with Crippen LogP contribution in [0.5, 0.6) is 0 Å². The van der Waals surface area contributed by atoms with Crippen LogP contribution in [0.15, 0.2) is 0 Å². The van der Waals surface area contributed by atoms with Crippen LogP contribution in [0, 0.1) is 0 Å². The Kier molecular flexibility index (Phi) is 1.27. The standard InChI is InChI=1S/C8H14O4/c1-4-6-7(10)8(3-9,12-4)5(2)11-6/h4-7,9-10H,3H2,1-2H3/t4-,5?,6-,7-,8-/m0/s1/i9T,10T. The summed E-state index contributed by atoms with van der Waals surface area (Å²) in [6.45, 7) is 3.78. The van der Waals surface area contributed by atoms with Gasteiger partial charge in [-0.2, -0.15) is 0 Å². The van der Waals surface area contributed by atoms with E-state index in [2.05, 4.69) is 10.2 Å². The Balaban J connectivity index is 2.25. The number of aliphatic hydroxyl groups is 2. The van der Waals surface area contributed by atoms with E-state index in [0.29, 0.717) is 0 Å². The van der Waals surface area contributed by atoms with Crippen molar-refractivity contribution < 1.29 is 19.7 Å². The van der Waals surface area contributed by atoms with Crippen molar-refractivity contribution >= 4 is 0 Å². The molecule has 2 aliphatic rings. The minimum Gasteiger partial charge on any atom is -0.393 e. The third-order valence-electron chi connectivity index (χ3n) is 2.92. The number of fused-ring (bicyclic) bond motifs is 2. The molecule has 70 valence electrons. The van der Waals surface area contributed by atoms with Crippen LogP contribution in [0.4, 0.5) is 0 Å². The topological polar surface area (TPSA) is 58.9 Å². The van der Waals surface area contributed by atoms with Crippen LogP contribution in [-0.4, -0.2) is 49.7 Å². The predicted octanol–water partition coefficient (Wildman–Crippen LogP) is -0.716. The van der Waals surface area contributed by atoms with Crippen molar-refractivity contribution in [2.75, 3.05) is 6.61 Å². The number of ether oxygens (including phenoxy) is 2. The number of hydrogen-bond donors (Lipinski definition) is 2. The van der Waals surface area contributed by atoms with E-state index >= 15 is 0 Å². The molecule has 0 spiro atoms. The molecular formula is C8H14O4. The fourth-order valence-corrected chi connectivity index (χ4v) is 2.10. The molecule has 2 bridgehead atoms. The Morgan fingerprint density at radius 2 is 2.42 bits per heavy atom. The van der Waals surface area contributed by atoms with E-state index in [1.54, 1.807) is 0 Å². The van der Waals surface area contributed by atoms with Gasteiger partial charge in [0.15, 0.2) is 0 Å². The lowest BCUT2D eigenvalue weighted by atomic mass is 9.94. The molecule has 2 fully saturated rings. The first-order valence-corrected chi connectivity index (χ1v) is 4.19. The van der Waals surface area contributed by atoms with Crippen LogP contribution in [0.1, 0.15) is 13.8 Å². The van der Waals surface area contributed by atoms with Gasteiger partial charge in [-0.05, 0) is 13.8 Å². The van der Waals surface area contributed by atoms with E-state index in [1.807, 2.05) is 13.8 Å². The monoisotopic (exact) mass is 178 g/mol. The first-order valence-electron chi connectivity index (χ1n) is 5.00. The predicted molar refractivity (Wildman–Crippen MR) is 40.7 cm³/mol. The van der Waals surface area contributed by atoms with Crippen molar-refractivity contribution in [3.8, 4) is 0 Å². The molecule has 0 aromatic heterocycles. The molecule has 2 heterocycles. The molecule has 1 unspecified atom stereocenters. The summed E-state index contributed by atoms with van der Waals surface area (Å²) >= 11 is 0. The Morgan fingerprint density at radius 3 is 3.08 bits per heavy atom. The summed E-state index contributed by atoms with van der Waals surface area (Å²) in [7, 11) is 0. The lowest BCUT2D eigenvalue weighted by Gasteiger charge is -2.32. The van der Waals surface area contributed by atoms with Crippen LogP contribution in [0.3, 0.4) is 0 Å². The van der Waals surface area contributed by atoms with E-state index in [9.17, 15) is 0 Å². The summed E-state index contributed by atoms with van der Waals surface area (Å²) in [5.41, 5.74) is -0.784. The summed E-state index contributed by atoms with van der Waals surface area (Å²) in [4.78, 5) is 0. The summed E-state index contributed by atoms with van der Waals surface area (Å²) < 4.78 is 25.1. The minimum absolute atomic E-state index is 0.0680. The lowest BCUT2D eigenvalue weighted by molar-refractivity contribution is -0.189. The lowest BCUT2D eigenvalue weighted by Crippen LogP contribution is -2.49. The number of aliphatic hydroxyl groups excluding tert-OH is 2. The second-order valence-electron chi connectivity index (χ2n) is 3.59. The molecule has 0 aromatic carbocycles. The maximum Gasteiger partial charge on any atom is 0.211 e. The zero-order valence-electron chi connectivity index (χ0n) is 9.15. The highest BCUT2D eigenvalue weighted by molar-refractivity contribution is 5.10.